The first-order chi connectivity index (χ1) is 11.2. The molecule has 1 heterocycles. The quantitative estimate of drug-likeness (QED) is 0.709. The van der Waals surface area contributed by atoms with Crippen LogP contribution in [-0.4, -0.2) is 20.5 Å². The number of aromatic amines is 1. The molecule has 1 aromatic heterocycles. The second-order valence-electron chi connectivity index (χ2n) is 8.35. The van der Waals surface area contributed by atoms with Crippen LogP contribution in [0, 0.1) is 5.41 Å². The molecule has 0 aliphatic carbocycles. The molecule has 0 bridgehead atoms. The lowest BCUT2D eigenvalue weighted by molar-refractivity contribution is 0.284. The number of nitrogens with zero attached hydrogens (tertiary/aromatic N) is 2. The summed E-state index contributed by atoms with van der Waals surface area (Å²) in [6, 6.07) is 11.7. The average Bonchev–Trinajstić information content (AvgIpc) is 2.91. The highest BCUT2D eigenvalue weighted by Crippen LogP contribution is 2.44. The maximum absolute atomic E-state index is 10.6. The molecule has 2 N–H and O–H groups in total. The van der Waals surface area contributed by atoms with Crippen LogP contribution in [-0.2, 0) is 5.41 Å². The van der Waals surface area contributed by atoms with Gasteiger partial charge in [0.1, 0.15) is 16.8 Å². The highest BCUT2D eigenvalue weighted by atomic mass is 16.3. The predicted molar refractivity (Wildman–Crippen MR) is 98.1 cm³/mol. The topological polar surface area (TPSA) is 61.8 Å². The van der Waals surface area contributed by atoms with Crippen LogP contribution in [0.3, 0.4) is 0 Å². The van der Waals surface area contributed by atoms with Gasteiger partial charge in [-0.1, -0.05) is 52.8 Å². The number of H-pyrrole nitrogens is 1. The van der Waals surface area contributed by atoms with E-state index in [4.69, 9.17) is 0 Å². The zero-order valence-electron chi connectivity index (χ0n) is 15.0. The van der Waals surface area contributed by atoms with Crippen molar-refractivity contribution in [1.82, 2.24) is 15.4 Å². The molecule has 3 aromatic rings. The lowest BCUT2D eigenvalue weighted by atomic mass is 9.70. The third-order valence-electron chi connectivity index (χ3n) is 4.35. The minimum Gasteiger partial charge on any atom is -0.507 e. The summed E-state index contributed by atoms with van der Waals surface area (Å²) in [7, 11) is 0. The molecule has 0 aliphatic rings. The molecule has 0 saturated heterocycles. The number of aromatic nitrogens is 3. The fraction of sp³-hybridized carbons (Fsp3) is 0.400. The predicted octanol–water partition coefficient (Wildman–Crippen LogP) is 5.04. The number of benzene rings is 2. The molecule has 0 aliphatic heterocycles. The summed E-state index contributed by atoms with van der Waals surface area (Å²) in [4.78, 5) is 0. The smallest absolute Gasteiger partial charge is 0.123 e. The molecule has 0 spiro atoms. The van der Waals surface area contributed by atoms with E-state index in [9.17, 15) is 5.11 Å². The van der Waals surface area contributed by atoms with E-state index in [1.807, 2.05) is 24.3 Å². The van der Waals surface area contributed by atoms with E-state index < -0.39 is 0 Å². The van der Waals surface area contributed by atoms with E-state index in [1.165, 1.54) is 0 Å². The van der Waals surface area contributed by atoms with Gasteiger partial charge in [0.05, 0.1) is 0 Å². The number of phenolic OH excluding ortho intramolecular Hbond substituents is 1. The number of nitrogens with one attached hydrogen (secondary N) is 1. The summed E-state index contributed by atoms with van der Waals surface area (Å²) >= 11 is 0. The second kappa shape index (κ2) is 5.62. The Morgan fingerprint density at radius 2 is 1.67 bits per heavy atom. The van der Waals surface area contributed by atoms with Gasteiger partial charge in [0.25, 0.3) is 0 Å². The summed E-state index contributed by atoms with van der Waals surface area (Å²) in [5.74, 6) is 0.303. The molecule has 0 atom stereocenters. The maximum atomic E-state index is 10.6. The van der Waals surface area contributed by atoms with Gasteiger partial charge in [-0.25, -0.2) is 0 Å². The summed E-state index contributed by atoms with van der Waals surface area (Å²) in [6.45, 7) is 11.2. The van der Waals surface area contributed by atoms with Crippen LogP contribution in [0.5, 0.6) is 5.75 Å². The number of aromatic hydroxyl groups is 1. The third kappa shape index (κ3) is 3.14. The molecule has 0 unspecified atom stereocenters. The Morgan fingerprint density at radius 3 is 2.38 bits per heavy atom. The van der Waals surface area contributed by atoms with Crippen molar-refractivity contribution in [2.24, 2.45) is 5.41 Å². The number of hydrogen-bond donors (Lipinski definition) is 2. The molecule has 0 amide bonds. The zero-order chi connectivity index (χ0) is 17.5. The van der Waals surface area contributed by atoms with Crippen molar-refractivity contribution in [2.75, 3.05) is 0 Å². The lowest BCUT2D eigenvalue weighted by Gasteiger charge is -2.34. The van der Waals surface area contributed by atoms with Crippen molar-refractivity contribution >= 4 is 11.0 Å². The highest BCUT2D eigenvalue weighted by Gasteiger charge is 2.30. The first-order valence-corrected chi connectivity index (χ1v) is 8.31. The number of fused-ring (bicyclic) bond motifs is 1. The van der Waals surface area contributed by atoms with Crippen molar-refractivity contribution in [3.05, 3.63) is 42.0 Å². The van der Waals surface area contributed by atoms with E-state index in [0.717, 1.165) is 34.1 Å². The van der Waals surface area contributed by atoms with Crippen LogP contribution in [0.2, 0.25) is 0 Å². The van der Waals surface area contributed by atoms with E-state index in [0.29, 0.717) is 5.75 Å². The molecule has 4 nitrogen and oxygen atoms in total. The lowest BCUT2D eigenvalue weighted by Crippen LogP contribution is -2.25. The molecule has 126 valence electrons. The Morgan fingerprint density at radius 1 is 0.958 bits per heavy atom. The van der Waals surface area contributed by atoms with Gasteiger partial charge in [-0.2, -0.15) is 15.4 Å². The average molecular weight is 323 g/mol. The van der Waals surface area contributed by atoms with Crippen molar-refractivity contribution < 1.29 is 5.11 Å². The number of rotatable bonds is 3. The maximum Gasteiger partial charge on any atom is 0.123 e. The first kappa shape index (κ1) is 16.5. The monoisotopic (exact) mass is 323 g/mol. The molecule has 0 radical (unpaired) electrons. The SMILES string of the molecule is CC(C)(C)CC(C)(C)c1cccc(O)c1-c1ccc2n[nH]nc2c1. The summed E-state index contributed by atoms with van der Waals surface area (Å²) in [5.41, 5.74) is 4.76. The standard InChI is InChI=1S/C20H25N3O/c1-19(2,3)12-20(4,5)14-7-6-8-17(24)18(14)13-9-10-15-16(11-13)22-23-21-15/h6-11,24H,12H2,1-5H3,(H,21,22,23). The number of phenols is 1. The molecule has 24 heavy (non-hydrogen) atoms. The van der Waals surface area contributed by atoms with E-state index in [-0.39, 0.29) is 10.8 Å². The molecule has 3 rings (SSSR count). The zero-order valence-corrected chi connectivity index (χ0v) is 15.0. The minimum absolute atomic E-state index is 0.0644. The molecule has 4 heteroatoms. The second-order valence-corrected chi connectivity index (χ2v) is 8.35. The van der Waals surface area contributed by atoms with Crippen LogP contribution in [0.1, 0.15) is 46.6 Å². The molecule has 0 saturated carbocycles. The Balaban J connectivity index is 2.17. The van der Waals surface area contributed by atoms with Gasteiger partial charge in [0, 0.05) is 5.56 Å². The molecular weight excluding hydrogens is 298 g/mol. The minimum atomic E-state index is -0.0644. The Kier molecular flexibility index (Phi) is 3.86. The van der Waals surface area contributed by atoms with Crippen LogP contribution in [0.15, 0.2) is 36.4 Å². The fourth-order valence-corrected chi connectivity index (χ4v) is 3.82. The highest BCUT2D eigenvalue weighted by molar-refractivity contribution is 5.84. The van der Waals surface area contributed by atoms with Crippen molar-refractivity contribution in [2.45, 2.75) is 46.5 Å². The van der Waals surface area contributed by atoms with Crippen LogP contribution in [0.25, 0.3) is 22.2 Å². The van der Waals surface area contributed by atoms with Crippen molar-refractivity contribution in [3.63, 3.8) is 0 Å². The van der Waals surface area contributed by atoms with E-state index >= 15 is 0 Å². The Bertz CT molecular complexity index is 872. The summed E-state index contributed by atoms with van der Waals surface area (Å²) in [5, 5.41) is 21.5. The van der Waals surface area contributed by atoms with Gasteiger partial charge in [0.15, 0.2) is 0 Å². The van der Waals surface area contributed by atoms with E-state index in [1.54, 1.807) is 6.07 Å². The van der Waals surface area contributed by atoms with Gasteiger partial charge in [-0.15, -0.1) is 0 Å². The van der Waals surface area contributed by atoms with E-state index in [2.05, 4.69) is 56.1 Å². The van der Waals surface area contributed by atoms with Gasteiger partial charge in [-0.05, 0) is 46.6 Å². The fourth-order valence-electron chi connectivity index (χ4n) is 3.82. The summed E-state index contributed by atoms with van der Waals surface area (Å²) < 4.78 is 0. The first-order valence-electron chi connectivity index (χ1n) is 8.31. The van der Waals surface area contributed by atoms with Gasteiger partial charge >= 0.3 is 0 Å². The van der Waals surface area contributed by atoms with Crippen LogP contribution < -0.4 is 0 Å². The number of hydrogen-bond acceptors (Lipinski definition) is 3. The van der Waals surface area contributed by atoms with Crippen LogP contribution in [0.4, 0.5) is 0 Å². The van der Waals surface area contributed by atoms with Gasteiger partial charge in [-0.3, -0.25) is 0 Å². The molecule has 0 fully saturated rings. The third-order valence-corrected chi connectivity index (χ3v) is 4.35. The normalized spacial score (nSPS) is 12.7. The molecule has 2 aromatic carbocycles. The summed E-state index contributed by atoms with van der Waals surface area (Å²) in [6.07, 6.45) is 1.02. The Hall–Kier alpha value is -2.36. The van der Waals surface area contributed by atoms with Gasteiger partial charge < -0.3 is 5.11 Å². The Labute approximate surface area is 142 Å². The van der Waals surface area contributed by atoms with Crippen molar-refractivity contribution in [1.29, 1.82) is 0 Å². The van der Waals surface area contributed by atoms with Gasteiger partial charge in [0.2, 0.25) is 0 Å². The van der Waals surface area contributed by atoms with Crippen LogP contribution >= 0.6 is 0 Å². The largest absolute Gasteiger partial charge is 0.507 e. The van der Waals surface area contributed by atoms with Crippen molar-refractivity contribution in [3.8, 4) is 16.9 Å². The molecular formula is C20H25N3O.